The third-order valence-corrected chi connectivity index (χ3v) is 4.47. The molecule has 2 aromatic carbocycles. The maximum atomic E-state index is 12.3. The summed E-state index contributed by atoms with van der Waals surface area (Å²) in [5.74, 6) is 0.286. The third-order valence-electron chi connectivity index (χ3n) is 4.15. The van der Waals surface area contributed by atoms with Crippen LogP contribution in [-0.4, -0.2) is 32.4 Å². The lowest BCUT2D eigenvalue weighted by Crippen LogP contribution is -2.31. The lowest BCUT2D eigenvalue weighted by atomic mass is 10.1. The quantitative estimate of drug-likeness (QED) is 0.560. The van der Waals surface area contributed by atoms with Gasteiger partial charge in [-0.1, -0.05) is 17.7 Å². The van der Waals surface area contributed by atoms with E-state index in [4.69, 9.17) is 36.3 Å². The normalized spacial score (nSPS) is 13.0. The number of nitrogens with two attached hydrogens (primary N) is 1. The Morgan fingerprint density at radius 2 is 2.00 bits per heavy atom. The van der Waals surface area contributed by atoms with Crippen LogP contribution in [0.25, 0.3) is 0 Å². The minimum atomic E-state index is -0.746. The summed E-state index contributed by atoms with van der Waals surface area (Å²) in [4.78, 5) is 24.4. The molecule has 0 saturated heterocycles. The zero-order chi connectivity index (χ0) is 20.3. The number of fused-ring (bicyclic) bond motifs is 1. The predicted octanol–water partition coefficient (Wildman–Crippen LogP) is 2.69. The van der Waals surface area contributed by atoms with Crippen molar-refractivity contribution >= 4 is 29.2 Å². The largest absolute Gasteiger partial charge is 0.496 e. The molecule has 1 heterocycles. The number of hydrogen-bond acceptors (Lipinski definition) is 7. The lowest BCUT2D eigenvalue weighted by Gasteiger charge is -2.15. The molecule has 0 saturated carbocycles. The van der Waals surface area contributed by atoms with Crippen LogP contribution in [0, 0.1) is 0 Å². The molecule has 8 nitrogen and oxygen atoms in total. The Morgan fingerprint density at radius 1 is 1.25 bits per heavy atom. The van der Waals surface area contributed by atoms with Crippen molar-refractivity contribution in [2.75, 3.05) is 26.2 Å². The molecule has 0 bridgehead atoms. The Labute approximate surface area is 166 Å². The molecule has 0 unspecified atom stereocenters. The van der Waals surface area contributed by atoms with Gasteiger partial charge < -0.3 is 30.0 Å². The molecular formula is C19H19ClN2O6. The van der Waals surface area contributed by atoms with Crippen LogP contribution < -0.4 is 25.3 Å². The number of carbonyl (C=O) groups is 2. The van der Waals surface area contributed by atoms with Crippen LogP contribution >= 0.6 is 11.6 Å². The number of carbonyl (C=O) groups excluding carboxylic acids is 2. The van der Waals surface area contributed by atoms with Crippen molar-refractivity contribution in [2.24, 2.45) is 0 Å². The van der Waals surface area contributed by atoms with Crippen LogP contribution in [0.3, 0.4) is 0 Å². The van der Waals surface area contributed by atoms with Gasteiger partial charge in [-0.3, -0.25) is 4.79 Å². The van der Waals surface area contributed by atoms with Crippen molar-refractivity contribution in [1.82, 2.24) is 5.32 Å². The number of ether oxygens (including phenoxy) is 4. The number of nitrogen functional groups attached to an aromatic ring is 1. The van der Waals surface area contributed by atoms with Crippen molar-refractivity contribution in [1.29, 1.82) is 0 Å². The molecule has 0 aromatic heterocycles. The molecule has 1 atom stereocenters. The number of methoxy groups -OCH3 is 1. The molecular weight excluding hydrogens is 388 g/mol. The van der Waals surface area contributed by atoms with E-state index in [-0.39, 0.29) is 34.9 Å². The van der Waals surface area contributed by atoms with Gasteiger partial charge in [-0.25, -0.2) is 4.79 Å². The molecule has 3 N–H and O–H groups in total. The van der Waals surface area contributed by atoms with Crippen LogP contribution in [0.5, 0.6) is 17.2 Å². The number of esters is 1. The molecule has 0 fully saturated rings. The summed E-state index contributed by atoms with van der Waals surface area (Å²) in [5, 5.41) is 2.94. The third kappa shape index (κ3) is 4.23. The van der Waals surface area contributed by atoms with Crippen molar-refractivity contribution < 1.29 is 28.5 Å². The van der Waals surface area contributed by atoms with E-state index in [1.54, 1.807) is 19.1 Å². The zero-order valence-electron chi connectivity index (χ0n) is 15.3. The highest BCUT2D eigenvalue weighted by Gasteiger charge is 2.20. The second-order valence-corrected chi connectivity index (χ2v) is 6.46. The lowest BCUT2D eigenvalue weighted by molar-refractivity contribution is -0.124. The van der Waals surface area contributed by atoms with Crippen molar-refractivity contribution in [3.05, 3.63) is 46.5 Å². The summed E-state index contributed by atoms with van der Waals surface area (Å²) in [6, 6.07) is 7.83. The molecule has 28 heavy (non-hydrogen) atoms. The summed E-state index contributed by atoms with van der Waals surface area (Å²) in [7, 11) is 1.39. The van der Waals surface area contributed by atoms with E-state index >= 15 is 0 Å². The average molecular weight is 407 g/mol. The fourth-order valence-electron chi connectivity index (χ4n) is 2.66. The van der Waals surface area contributed by atoms with Gasteiger partial charge in [-0.2, -0.15) is 0 Å². The zero-order valence-corrected chi connectivity index (χ0v) is 16.0. The van der Waals surface area contributed by atoms with Crippen LogP contribution in [-0.2, 0) is 9.53 Å². The Kier molecular flexibility index (Phi) is 5.79. The summed E-state index contributed by atoms with van der Waals surface area (Å²) in [6.45, 7) is 1.52. The minimum Gasteiger partial charge on any atom is -0.496 e. The molecule has 0 spiro atoms. The fourth-order valence-corrected chi connectivity index (χ4v) is 2.82. The highest BCUT2D eigenvalue weighted by Crippen LogP contribution is 2.34. The summed E-state index contributed by atoms with van der Waals surface area (Å²) in [5.41, 5.74) is 6.87. The first-order valence-corrected chi connectivity index (χ1v) is 8.76. The maximum Gasteiger partial charge on any atom is 0.342 e. The van der Waals surface area contributed by atoms with Crippen molar-refractivity contribution in [2.45, 2.75) is 13.0 Å². The van der Waals surface area contributed by atoms with Gasteiger partial charge in [0.05, 0.1) is 23.9 Å². The maximum absolute atomic E-state index is 12.3. The molecule has 1 amide bonds. The van der Waals surface area contributed by atoms with Gasteiger partial charge >= 0.3 is 5.97 Å². The predicted molar refractivity (Wildman–Crippen MR) is 102 cm³/mol. The first-order valence-electron chi connectivity index (χ1n) is 8.38. The fraction of sp³-hybridized carbons (Fsp3) is 0.263. The van der Waals surface area contributed by atoms with Crippen LogP contribution in [0.4, 0.5) is 5.69 Å². The van der Waals surface area contributed by atoms with Gasteiger partial charge in [0.25, 0.3) is 5.91 Å². The summed E-state index contributed by atoms with van der Waals surface area (Å²) < 4.78 is 20.8. The van der Waals surface area contributed by atoms with E-state index < -0.39 is 18.5 Å². The van der Waals surface area contributed by atoms with Gasteiger partial charge in [0.2, 0.25) is 6.79 Å². The van der Waals surface area contributed by atoms with E-state index in [1.807, 2.05) is 6.07 Å². The Morgan fingerprint density at radius 3 is 2.75 bits per heavy atom. The first kappa shape index (κ1) is 19.6. The Bertz CT molecular complexity index is 918. The van der Waals surface area contributed by atoms with E-state index in [2.05, 4.69) is 5.32 Å². The number of halogens is 1. The van der Waals surface area contributed by atoms with Crippen molar-refractivity contribution in [3.63, 3.8) is 0 Å². The number of hydrogen-bond donors (Lipinski definition) is 2. The monoisotopic (exact) mass is 406 g/mol. The van der Waals surface area contributed by atoms with Gasteiger partial charge in [0.15, 0.2) is 18.1 Å². The summed E-state index contributed by atoms with van der Waals surface area (Å²) >= 11 is 5.94. The van der Waals surface area contributed by atoms with Crippen molar-refractivity contribution in [3.8, 4) is 17.2 Å². The molecule has 1 aliphatic heterocycles. The van der Waals surface area contributed by atoms with E-state index in [1.165, 1.54) is 19.2 Å². The topological polar surface area (TPSA) is 109 Å². The second kappa shape index (κ2) is 8.26. The van der Waals surface area contributed by atoms with Gasteiger partial charge in [0, 0.05) is 6.07 Å². The van der Waals surface area contributed by atoms with Crippen LogP contribution in [0.1, 0.15) is 28.9 Å². The smallest absolute Gasteiger partial charge is 0.342 e. The molecule has 148 valence electrons. The highest BCUT2D eigenvalue weighted by atomic mass is 35.5. The number of rotatable bonds is 6. The number of nitrogens with one attached hydrogen (secondary N) is 1. The molecule has 0 radical (unpaired) electrons. The number of anilines is 1. The van der Waals surface area contributed by atoms with E-state index in [9.17, 15) is 9.59 Å². The van der Waals surface area contributed by atoms with E-state index in [0.717, 1.165) is 5.56 Å². The van der Waals surface area contributed by atoms with E-state index in [0.29, 0.717) is 11.5 Å². The second-order valence-electron chi connectivity index (χ2n) is 6.05. The molecule has 1 aliphatic rings. The summed E-state index contributed by atoms with van der Waals surface area (Å²) in [6.07, 6.45) is 0. The molecule has 9 heteroatoms. The van der Waals surface area contributed by atoms with Gasteiger partial charge in [-0.05, 0) is 30.7 Å². The first-order chi connectivity index (χ1) is 13.4. The average Bonchev–Trinajstić information content (AvgIpc) is 3.15. The standard InChI is InChI=1S/C19H19ClN2O6/c1-10(11-3-4-15-17(5-11)28-9-27-15)22-18(23)8-26-19(24)12-6-13(20)14(21)7-16(12)25-2/h3-7,10H,8-9,21H2,1-2H3,(H,22,23)/t10-/m1/s1. The Balaban J connectivity index is 1.58. The minimum absolute atomic E-state index is 0.0818. The molecule has 0 aliphatic carbocycles. The number of amides is 1. The van der Waals surface area contributed by atoms with Gasteiger partial charge in [-0.15, -0.1) is 0 Å². The van der Waals surface area contributed by atoms with Crippen LogP contribution in [0.2, 0.25) is 5.02 Å². The van der Waals surface area contributed by atoms with Gasteiger partial charge in [0.1, 0.15) is 11.3 Å². The SMILES string of the molecule is COc1cc(N)c(Cl)cc1C(=O)OCC(=O)N[C@H](C)c1ccc2c(c1)OCO2. The Hall–Kier alpha value is -3.13. The van der Waals surface area contributed by atoms with Crippen LogP contribution in [0.15, 0.2) is 30.3 Å². The highest BCUT2D eigenvalue weighted by molar-refractivity contribution is 6.33. The molecule has 2 aromatic rings. The molecule has 3 rings (SSSR count). The number of benzene rings is 2.